The number of rotatable bonds is 12. The summed E-state index contributed by atoms with van der Waals surface area (Å²) in [6.07, 6.45) is 3.88. The number of hydrogen-bond donors (Lipinski definition) is 3. The monoisotopic (exact) mass is 721 g/mol. The average molecular weight is 722 g/mol. The maximum atomic E-state index is 15.3. The van der Waals surface area contributed by atoms with E-state index in [1.54, 1.807) is 24.3 Å². The molecule has 4 amide bonds. The van der Waals surface area contributed by atoms with Crippen molar-refractivity contribution in [3.05, 3.63) is 95.1 Å². The highest BCUT2D eigenvalue weighted by atomic mass is 16.5. The van der Waals surface area contributed by atoms with Gasteiger partial charge in [0.05, 0.1) is 43.1 Å². The number of phenols is 1. The van der Waals surface area contributed by atoms with Crippen LogP contribution in [0.25, 0.3) is 0 Å². The molecule has 12 nitrogen and oxygen atoms in total. The number of carboxylic acid groups (broad SMARTS) is 1. The molecule has 0 spiro atoms. The van der Waals surface area contributed by atoms with E-state index in [1.807, 2.05) is 55.5 Å². The van der Waals surface area contributed by atoms with Gasteiger partial charge in [-0.2, -0.15) is 5.01 Å². The molecule has 0 radical (unpaired) electrons. The minimum Gasteiger partial charge on any atom is -0.502 e. The second-order valence-corrected chi connectivity index (χ2v) is 14.4. The lowest BCUT2D eigenvalue weighted by molar-refractivity contribution is -0.141. The molecule has 12 heteroatoms. The molecule has 3 aromatic rings. The van der Waals surface area contributed by atoms with E-state index in [0.717, 1.165) is 16.1 Å². The number of aryl methyl sites for hydroxylation is 1. The minimum atomic E-state index is -1.49. The number of amides is 4. The first-order chi connectivity index (χ1) is 25.5. The first-order valence-electron chi connectivity index (χ1n) is 18.0. The number of aliphatic carboxylic acids is 1. The number of carbonyl (C=O) groups excluding carboxylic acids is 4. The third-order valence-corrected chi connectivity index (χ3v) is 11.6. The minimum absolute atomic E-state index is 0.0177. The van der Waals surface area contributed by atoms with Crippen LogP contribution in [0.1, 0.15) is 61.1 Å². The summed E-state index contributed by atoms with van der Waals surface area (Å²) in [6, 6.07) is 19.8. The highest BCUT2D eigenvalue weighted by Crippen LogP contribution is 2.64. The smallest absolute Gasteiger partial charge is 0.303 e. The van der Waals surface area contributed by atoms with Crippen molar-refractivity contribution in [3.8, 4) is 17.2 Å². The van der Waals surface area contributed by atoms with Gasteiger partial charge >= 0.3 is 5.97 Å². The van der Waals surface area contributed by atoms with Crippen molar-refractivity contribution in [2.45, 2.75) is 56.8 Å². The van der Waals surface area contributed by atoms with Gasteiger partial charge in [0.1, 0.15) is 0 Å². The quantitative estimate of drug-likeness (QED) is 0.126. The van der Waals surface area contributed by atoms with Crippen LogP contribution in [0.2, 0.25) is 0 Å². The van der Waals surface area contributed by atoms with Gasteiger partial charge in [-0.1, -0.05) is 66.1 Å². The Labute approximate surface area is 307 Å². The molecule has 1 saturated carbocycles. The van der Waals surface area contributed by atoms with Crippen LogP contribution in [0, 0.1) is 30.6 Å². The third-order valence-electron chi connectivity index (χ3n) is 11.6. The van der Waals surface area contributed by atoms with E-state index in [1.165, 1.54) is 19.1 Å². The van der Waals surface area contributed by atoms with Gasteiger partial charge in [0.15, 0.2) is 11.5 Å². The van der Waals surface area contributed by atoms with Crippen LogP contribution in [-0.2, 0) is 29.4 Å². The number of hydrogen-bond acceptors (Lipinski definition) is 9. The molecule has 3 fully saturated rings. The number of allylic oxidation sites excluding steroid dienone is 2. The fourth-order valence-electron chi connectivity index (χ4n) is 9.21. The molecule has 3 aromatic carbocycles. The lowest BCUT2D eigenvalue weighted by atomic mass is 9.49. The normalized spacial score (nSPS) is 26.2. The summed E-state index contributed by atoms with van der Waals surface area (Å²) in [4.78, 5) is 70.6. The lowest BCUT2D eigenvalue weighted by Crippen LogP contribution is -2.53. The van der Waals surface area contributed by atoms with Gasteiger partial charge in [0.25, 0.3) is 11.8 Å². The molecular weight excluding hydrogens is 678 g/mol. The zero-order valence-electron chi connectivity index (χ0n) is 29.9. The van der Waals surface area contributed by atoms with Crippen LogP contribution in [0.15, 0.2) is 78.4 Å². The zero-order chi connectivity index (χ0) is 37.6. The Kier molecular flexibility index (Phi) is 9.48. The molecule has 6 atom stereocenters. The number of likely N-dealkylation sites (tertiary alicyclic amines) is 1. The summed E-state index contributed by atoms with van der Waals surface area (Å²) < 4.78 is 11.2. The van der Waals surface area contributed by atoms with Gasteiger partial charge in [-0.15, -0.1) is 0 Å². The number of carbonyl (C=O) groups is 5. The predicted octanol–water partition coefficient (Wildman–Crippen LogP) is 5.35. The van der Waals surface area contributed by atoms with E-state index >= 15 is 4.79 Å². The number of aromatic hydroxyl groups is 1. The van der Waals surface area contributed by atoms with E-state index in [0.29, 0.717) is 36.1 Å². The molecule has 2 aliphatic heterocycles. The molecule has 3 N–H and O–H groups in total. The Morgan fingerprint density at radius 1 is 0.887 bits per heavy atom. The Morgan fingerprint density at radius 2 is 1.57 bits per heavy atom. The molecule has 53 heavy (non-hydrogen) atoms. The molecule has 2 heterocycles. The number of fused-ring (bicyclic) bond motifs is 4. The number of nitrogens with one attached hydrogen (secondary N) is 1. The maximum Gasteiger partial charge on any atom is 0.303 e. The summed E-state index contributed by atoms with van der Waals surface area (Å²) in [7, 11) is 2.83. The largest absolute Gasteiger partial charge is 0.502 e. The van der Waals surface area contributed by atoms with Gasteiger partial charge < -0.3 is 19.7 Å². The second kappa shape index (κ2) is 14.1. The summed E-state index contributed by atoms with van der Waals surface area (Å²) >= 11 is 0. The average Bonchev–Trinajstić information content (AvgIpc) is 3.53. The van der Waals surface area contributed by atoms with Crippen LogP contribution < -0.4 is 14.9 Å². The molecule has 276 valence electrons. The summed E-state index contributed by atoms with van der Waals surface area (Å²) in [5, 5.41) is 21.1. The Bertz CT molecular complexity index is 1970. The molecular formula is C41H43N3O9. The number of carboxylic acids is 1. The van der Waals surface area contributed by atoms with Gasteiger partial charge in [-0.25, -0.2) is 0 Å². The Balaban J connectivity index is 1.37. The van der Waals surface area contributed by atoms with Crippen molar-refractivity contribution in [3.63, 3.8) is 0 Å². The van der Waals surface area contributed by atoms with Gasteiger partial charge in [-0.05, 0) is 73.9 Å². The van der Waals surface area contributed by atoms with Crippen molar-refractivity contribution in [2.24, 2.45) is 23.7 Å². The van der Waals surface area contributed by atoms with Crippen molar-refractivity contribution in [1.82, 2.24) is 9.91 Å². The number of hydrazine groups is 1. The van der Waals surface area contributed by atoms with Crippen LogP contribution >= 0.6 is 0 Å². The van der Waals surface area contributed by atoms with Crippen LogP contribution in [-0.4, -0.2) is 70.5 Å². The van der Waals surface area contributed by atoms with E-state index < -0.39 is 52.8 Å². The number of nitrogens with zero attached hydrogens (tertiary/aromatic N) is 2. The van der Waals surface area contributed by atoms with E-state index in [-0.39, 0.29) is 54.9 Å². The highest BCUT2D eigenvalue weighted by Gasteiger charge is 2.70. The number of benzene rings is 3. The summed E-state index contributed by atoms with van der Waals surface area (Å²) in [6.45, 7) is 2.13. The summed E-state index contributed by atoms with van der Waals surface area (Å²) in [5.74, 6) is -6.09. The number of anilines is 1. The molecule has 0 bridgehead atoms. The van der Waals surface area contributed by atoms with Crippen molar-refractivity contribution in [2.75, 3.05) is 26.2 Å². The standard InChI is InChI=1S/C41H43N3O9/c1-23-13-15-26(16-14-23)42-44-38(49)30-22-29-27(17-18-28-34(29)39(50)43(37(28)48)19-9-5-8-12-33(45)46)35(24-20-31(52-2)36(47)32(21-24)53-3)41(30,40(44)51)25-10-6-4-7-11-25/h4,6-7,10-11,13-17,20-21,28-30,34-35,42,47H,5,8-9,12,18-19,22H2,1-3H3,(H,45,46)/t28-,29+,30-,34-,35-,41+/m0/s1. The first kappa shape index (κ1) is 35.7. The maximum absolute atomic E-state index is 15.3. The van der Waals surface area contributed by atoms with Crippen molar-refractivity contribution >= 4 is 35.3 Å². The van der Waals surface area contributed by atoms with Crippen molar-refractivity contribution in [1.29, 1.82) is 0 Å². The van der Waals surface area contributed by atoms with Gasteiger partial charge in [-0.3, -0.25) is 34.3 Å². The second-order valence-electron chi connectivity index (χ2n) is 14.4. The molecule has 4 aliphatic rings. The van der Waals surface area contributed by atoms with Gasteiger partial charge in [0, 0.05) is 18.9 Å². The fourth-order valence-corrected chi connectivity index (χ4v) is 9.21. The molecule has 2 aliphatic carbocycles. The topological polar surface area (TPSA) is 163 Å². The lowest BCUT2D eigenvalue weighted by Gasteiger charge is -2.50. The number of unbranched alkanes of at least 4 members (excludes halogenated alkanes) is 2. The van der Waals surface area contributed by atoms with Crippen molar-refractivity contribution < 1.29 is 43.7 Å². The zero-order valence-corrected chi connectivity index (χ0v) is 29.9. The first-order valence-corrected chi connectivity index (χ1v) is 18.0. The van der Waals surface area contributed by atoms with E-state index in [9.17, 15) is 24.3 Å². The third kappa shape index (κ3) is 5.80. The molecule has 0 unspecified atom stereocenters. The number of imide groups is 2. The number of phenolic OH excluding ortho intramolecular Hbond substituents is 1. The number of methoxy groups -OCH3 is 2. The Morgan fingerprint density at radius 3 is 2.21 bits per heavy atom. The van der Waals surface area contributed by atoms with E-state index in [4.69, 9.17) is 14.6 Å². The Hall–Kier alpha value is -5.65. The highest BCUT2D eigenvalue weighted by molar-refractivity contribution is 6.13. The van der Waals surface area contributed by atoms with Crippen LogP contribution in [0.5, 0.6) is 17.2 Å². The molecule has 0 aromatic heterocycles. The van der Waals surface area contributed by atoms with E-state index in [2.05, 4.69) is 5.43 Å². The summed E-state index contributed by atoms with van der Waals surface area (Å²) in [5.41, 5.74) is 5.09. The van der Waals surface area contributed by atoms with Gasteiger partial charge in [0.2, 0.25) is 17.6 Å². The van der Waals surface area contributed by atoms with Crippen LogP contribution in [0.3, 0.4) is 0 Å². The number of ether oxygens (including phenoxy) is 2. The fraction of sp³-hybridized carbons (Fsp3) is 0.390. The molecule has 2 saturated heterocycles. The SMILES string of the molecule is COc1cc([C@H]2C3=CC[C@@H]4C(=O)N(CCCCCC(=O)O)C(=O)[C@@H]4[C@@H]3C[C@H]3C(=O)N(Nc4ccc(C)cc4)C(=O)[C@@]23c2ccccc2)cc(OC)c1O. The van der Waals surface area contributed by atoms with Crippen LogP contribution in [0.4, 0.5) is 5.69 Å². The molecule has 7 rings (SSSR count). The predicted molar refractivity (Wildman–Crippen MR) is 193 cm³/mol.